The summed E-state index contributed by atoms with van der Waals surface area (Å²) < 4.78 is 20.3. The molecule has 0 radical (unpaired) electrons. The summed E-state index contributed by atoms with van der Waals surface area (Å²) in [6.45, 7) is 4.12. The molecule has 0 amide bonds. The van der Waals surface area contributed by atoms with Gasteiger partial charge in [-0.05, 0) is 50.6 Å². The van der Waals surface area contributed by atoms with E-state index in [0.717, 1.165) is 10.9 Å². The summed E-state index contributed by atoms with van der Waals surface area (Å²) in [5, 5.41) is 3.23. The largest absolute Gasteiger partial charge is 0.377 e. The van der Waals surface area contributed by atoms with Crippen LogP contribution in [0.25, 0.3) is 0 Å². The molecule has 0 aliphatic heterocycles. The molecule has 1 rings (SSSR count). The van der Waals surface area contributed by atoms with E-state index in [1.807, 2.05) is 20.0 Å². The van der Waals surface area contributed by atoms with E-state index in [1.165, 1.54) is 6.07 Å². The van der Waals surface area contributed by atoms with E-state index in [2.05, 4.69) is 28.2 Å². The Labute approximate surface area is 117 Å². The second-order valence-corrected chi connectivity index (χ2v) is 5.57. The molecular formula is C14H21BrFNO. The third-order valence-electron chi connectivity index (χ3n) is 3.69. The molecule has 1 N–H and O–H groups in total. The quantitative estimate of drug-likeness (QED) is 0.866. The molecule has 102 valence electrons. The van der Waals surface area contributed by atoms with E-state index < -0.39 is 0 Å². The molecule has 0 fully saturated rings. The fourth-order valence-electron chi connectivity index (χ4n) is 2.08. The molecule has 1 aromatic rings. The van der Waals surface area contributed by atoms with Crippen LogP contribution in [0.2, 0.25) is 0 Å². The van der Waals surface area contributed by atoms with Gasteiger partial charge in [-0.3, -0.25) is 0 Å². The highest BCUT2D eigenvalue weighted by atomic mass is 79.9. The van der Waals surface area contributed by atoms with Crippen LogP contribution in [0.4, 0.5) is 4.39 Å². The molecule has 4 heteroatoms. The molecule has 0 aliphatic carbocycles. The van der Waals surface area contributed by atoms with E-state index in [0.29, 0.717) is 12.0 Å². The summed E-state index contributed by atoms with van der Waals surface area (Å²) in [5.41, 5.74) is 0.393. The number of halogens is 2. The Kier molecular flexibility index (Phi) is 5.76. The van der Waals surface area contributed by atoms with Gasteiger partial charge in [0.2, 0.25) is 0 Å². The Hall–Kier alpha value is -0.450. The molecule has 2 nitrogen and oxygen atoms in total. The van der Waals surface area contributed by atoms with Crippen molar-refractivity contribution < 1.29 is 9.13 Å². The molecule has 0 saturated carbocycles. The van der Waals surface area contributed by atoms with Crippen molar-refractivity contribution in [2.45, 2.75) is 38.3 Å². The van der Waals surface area contributed by atoms with Crippen LogP contribution in [-0.4, -0.2) is 25.8 Å². The number of hydrogen-bond donors (Lipinski definition) is 1. The van der Waals surface area contributed by atoms with Crippen LogP contribution < -0.4 is 5.32 Å². The number of rotatable bonds is 6. The van der Waals surface area contributed by atoms with Gasteiger partial charge < -0.3 is 10.1 Å². The van der Waals surface area contributed by atoms with E-state index >= 15 is 0 Å². The first-order valence-corrected chi connectivity index (χ1v) is 6.92. The zero-order chi connectivity index (χ0) is 13.8. The maximum Gasteiger partial charge on any atom is 0.126 e. The summed E-state index contributed by atoms with van der Waals surface area (Å²) in [7, 11) is 3.58. The first kappa shape index (κ1) is 15.6. The van der Waals surface area contributed by atoms with Crippen LogP contribution in [0.5, 0.6) is 0 Å². The monoisotopic (exact) mass is 317 g/mol. The van der Waals surface area contributed by atoms with Gasteiger partial charge in [0.05, 0.1) is 5.60 Å². The van der Waals surface area contributed by atoms with Gasteiger partial charge in [-0.2, -0.15) is 0 Å². The zero-order valence-electron chi connectivity index (χ0n) is 11.4. The van der Waals surface area contributed by atoms with Gasteiger partial charge in [-0.1, -0.05) is 22.9 Å². The highest BCUT2D eigenvalue weighted by Crippen LogP contribution is 2.24. The fourth-order valence-corrected chi connectivity index (χ4v) is 2.48. The van der Waals surface area contributed by atoms with Crippen LogP contribution >= 0.6 is 15.9 Å². The first-order chi connectivity index (χ1) is 8.46. The Bertz CT molecular complexity index is 393. The standard InChI is InChI=1S/C14H21BrFNO/c1-5-14(2,18-4)13(17-3)9-10-8-11(15)6-7-12(10)16/h6-8,13,17H,5,9H2,1-4H3. The number of methoxy groups -OCH3 is 1. The fraction of sp³-hybridized carbons (Fsp3) is 0.571. The van der Waals surface area contributed by atoms with Crippen molar-refractivity contribution in [3.05, 3.63) is 34.1 Å². The Morgan fingerprint density at radius 1 is 1.50 bits per heavy atom. The summed E-state index contributed by atoms with van der Waals surface area (Å²) in [4.78, 5) is 0. The van der Waals surface area contributed by atoms with Crippen molar-refractivity contribution in [3.8, 4) is 0 Å². The minimum atomic E-state index is -0.302. The van der Waals surface area contributed by atoms with Gasteiger partial charge in [-0.25, -0.2) is 4.39 Å². The minimum Gasteiger partial charge on any atom is -0.377 e. The van der Waals surface area contributed by atoms with Gasteiger partial charge in [-0.15, -0.1) is 0 Å². The molecule has 0 heterocycles. The lowest BCUT2D eigenvalue weighted by Gasteiger charge is -2.35. The topological polar surface area (TPSA) is 21.3 Å². The number of ether oxygens (including phenoxy) is 1. The Morgan fingerprint density at radius 2 is 2.17 bits per heavy atom. The summed E-state index contributed by atoms with van der Waals surface area (Å²) in [6, 6.07) is 5.09. The number of nitrogens with one attached hydrogen (secondary N) is 1. The third-order valence-corrected chi connectivity index (χ3v) is 4.18. The zero-order valence-corrected chi connectivity index (χ0v) is 13.0. The highest BCUT2D eigenvalue weighted by molar-refractivity contribution is 9.10. The highest BCUT2D eigenvalue weighted by Gasteiger charge is 2.32. The van der Waals surface area contributed by atoms with Crippen molar-refractivity contribution in [1.82, 2.24) is 5.32 Å². The van der Waals surface area contributed by atoms with E-state index in [-0.39, 0.29) is 17.5 Å². The van der Waals surface area contributed by atoms with Crippen LogP contribution in [-0.2, 0) is 11.2 Å². The van der Waals surface area contributed by atoms with Gasteiger partial charge in [0.25, 0.3) is 0 Å². The van der Waals surface area contributed by atoms with Gasteiger partial charge in [0.1, 0.15) is 5.82 Å². The first-order valence-electron chi connectivity index (χ1n) is 6.13. The molecule has 1 aromatic carbocycles. The SMILES string of the molecule is CCC(C)(OC)C(Cc1cc(Br)ccc1F)NC. The average Bonchev–Trinajstić information content (AvgIpc) is 2.38. The molecule has 0 saturated heterocycles. The maximum absolute atomic E-state index is 13.8. The Morgan fingerprint density at radius 3 is 2.67 bits per heavy atom. The van der Waals surface area contributed by atoms with E-state index in [4.69, 9.17) is 4.74 Å². The number of benzene rings is 1. The summed E-state index contributed by atoms with van der Waals surface area (Å²) in [5.74, 6) is -0.173. The van der Waals surface area contributed by atoms with Crippen molar-refractivity contribution in [3.63, 3.8) is 0 Å². The van der Waals surface area contributed by atoms with Gasteiger partial charge in [0.15, 0.2) is 0 Å². The number of likely N-dealkylation sites (N-methyl/N-ethyl adjacent to an activating group) is 1. The number of hydrogen-bond acceptors (Lipinski definition) is 2. The molecule has 0 spiro atoms. The van der Waals surface area contributed by atoms with Crippen molar-refractivity contribution in [2.24, 2.45) is 0 Å². The van der Waals surface area contributed by atoms with Crippen molar-refractivity contribution in [2.75, 3.05) is 14.2 Å². The van der Waals surface area contributed by atoms with Crippen LogP contribution in [0.1, 0.15) is 25.8 Å². The van der Waals surface area contributed by atoms with Gasteiger partial charge >= 0.3 is 0 Å². The second-order valence-electron chi connectivity index (χ2n) is 4.65. The van der Waals surface area contributed by atoms with Gasteiger partial charge in [0, 0.05) is 17.6 Å². The molecule has 18 heavy (non-hydrogen) atoms. The average molecular weight is 318 g/mol. The molecule has 0 aromatic heterocycles. The predicted octanol–water partition coefficient (Wildman–Crippen LogP) is 3.53. The Balaban J connectivity index is 2.95. The summed E-state index contributed by atoms with van der Waals surface area (Å²) in [6.07, 6.45) is 1.46. The van der Waals surface area contributed by atoms with E-state index in [1.54, 1.807) is 13.2 Å². The lowest BCUT2D eigenvalue weighted by molar-refractivity contribution is -0.0270. The predicted molar refractivity (Wildman–Crippen MR) is 76.4 cm³/mol. The lowest BCUT2D eigenvalue weighted by Crippen LogP contribution is -2.49. The smallest absolute Gasteiger partial charge is 0.126 e. The summed E-state index contributed by atoms with van der Waals surface area (Å²) >= 11 is 3.37. The molecular weight excluding hydrogens is 297 g/mol. The molecule has 2 unspecified atom stereocenters. The maximum atomic E-state index is 13.8. The van der Waals surface area contributed by atoms with Crippen molar-refractivity contribution >= 4 is 15.9 Å². The van der Waals surface area contributed by atoms with Crippen molar-refractivity contribution in [1.29, 1.82) is 0 Å². The second kappa shape index (κ2) is 6.64. The third kappa shape index (κ3) is 3.53. The molecule has 0 bridgehead atoms. The van der Waals surface area contributed by atoms with E-state index in [9.17, 15) is 4.39 Å². The molecule has 2 atom stereocenters. The van der Waals surface area contributed by atoms with Crippen LogP contribution in [0.3, 0.4) is 0 Å². The van der Waals surface area contributed by atoms with Crippen LogP contribution in [0, 0.1) is 5.82 Å². The van der Waals surface area contributed by atoms with Crippen LogP contribution in [0.15, 0.2) is 22.7 Å². The molecule has 0 aliphatic rings. The normalized spacial score (nSPS) is 16.3. The lowest BCUT2D eigenvalue weighted by atomic mass is 9.88. The minimum absolute atomic E-state index is 0.0660.